The fourth-order valence-corrected chi connectivity index (χ4v) is 2.86. The van der Waals surface area contributed by atoms with Crippen molar-refractivity contribution in [1.29, 1.82) is 0 Å². The van der Waals surface area contributed by atoms with Gasteiger partial charge in [-0.25, -0.2) is 0 Å². The van der Waals surface area contributed by atoms with Crippen LogP contribution in [0.2, 0.25) is 0 Å². The first-order chi connectivity index (χ1) is 12.4. The molecule has 26 heavy (non-hydrogen) atoms. The lowest BCUT2D eigenvalue weighted by atomic mass is 10.1. The SMILES string of the molecule is CC(=O)c1ccc(-c2ccc(C(=O)N3CCOC(CC(=O)O)C3)o2)cc1. The van der Waals surface area contributed by atoms with Crippen molar-refractivity contribution in [3.8, 4) is 11.3 Å². The fourth-order valence-electron chi connectivity index (χ4n) is 2.86. The number of morpholine rings is 1. The summed E-state index contributed by atoms with van der Waals surface area (Å²) >= 11 is 0. The highest BCUT2D eigenvalue weighted by Gasteiger charge is 2.28. The molecular weight excluding hydrogens is 338 g/mol. The van der Waals surface area contributed by atoms with Gasteiger partial charge in [0, 0.05) is 24.2 Å². The summed E-state index contributed by atoms with van der Waals surface area (Å²) < 4.78 is 11.0. The smallest absolute Gasteiger partial charge is 0.306 e. The monoisotopic (exact) mass is 357 g/mol. The van der Waals surface area contributed by atoms with Crippen LogP contribution in [0.4, 0.5) is 0 Å². The number of carboxylic acid groups (broad SMARTS) is 1. The van der Waals surface area contributed by atoms with Gasteiger partial charge in [0.25, 0.3) is 5.91 Å². The molecule has 1 unspecified atom stereocenters. The summed E-state index contributed by atoms with van der Waals surface area (Å²) in [6.45, 7) is 2.40. The van der Waals surface area contributed by atoms with E-state index in [2.05, 4.69) is 0 Å². The number of nitrogens with zero attached hydrogens (tertiary/aromatic N) is 1. The number of furan rings is 1. The number of aliphatic carboxylic acids is 1. The average Bonchev–Trinajstić information content (AvgIpc) is 3.11. The average molecular weight is 357 g/mol. The number of carbonyl (C=O) groups excluding carboxylic acids is 2. The van der Waals surface area contributed by atoms with Gasteiger partial charge in [0.2, 0.25) is 0 Å². The molecule has 7 nitrogen and oxygen atoms in total. The number of ether oxygens (including phenoxy) is 1. The van der Waals surface area contributed by atoms with E-state index in [-0.39, 0.29) is 30.4 Å². The lowest BCUT2D eigenvalue weighted by molar-refractivity contribution is -0.141. The molecule has 136 valence electrons. The Kier molecular flexibility index (Phi) is 5.18. The zero-order valence-electron chi connectivity index (χ0n) is 14.3. The largest absolute Gasteiger partial charge is 0.481 e. The Morgan fingerprint density at radius 3 is 2.54 bits per heavy atom. The van der Waals surface area contributed by atoms with Gasteiger partial charge >= 0.3 is 5.97 Å². The van der Waals surface area contributed by atoms with Gasteiger partial charge in [0.05, 0.1) is 19.1 Å². The molecule has 1 atom stereocenters. The third-order valence-electron chi connectivity index (χ3n) is 4.22. The van der Waals surface area contributed by atoms with E-state index in [1.807, 2.05) is 0 Å². The molecule has 2 heterocycles. The predicted octanol–water partition coefficient (Wildman–Crippen LogP) is 2.46. The topological polar surface area (TPSA) is 97.0 Å². The minimum absolute atomic E-state index is 0.0184. The summed E-state index contributed by atoms with van der Waals surface area (Å²) in [6, 6.07) is 10.2. The van der Waals surface area contributed by atoms with Crippen LogP contribution in [0.1, 0.15) is 34.3 Å². The molecule has 0 saturated carbocycles. The third-order valence-corrected chi connectivity index (χ3v) is 4.22. The number of Topliss-reactive ketones (excluding diaryl/α,β-unsaturated/α-hetero) is 1. The van der Waals surface area contributed by atoms with E-state index < -0.39 is 12.1 Å². The first-order valence-corrected chi connectivity index (χ1v) is 8.28. The van der Waals surface area contributed by atoms with Crippen LogP contribution >= 0.6 is 0 Å². The first kappa shape index (κ1) is 17.9. The van der Waals surface area contributed by atoms with Crippen LogP contribution in [0.25, 0.3) is 11.3 Å². The van der Waals surface area contributed by atoms with Gasteiger partial charge in [-0.15, -0.1) is 0 Å². The molecule has 0 radical (unpaired) electrons. The second kappa shape index (κ2) is 7.53. The van der Waals surface area contributed by atoms with Crippen molar-refractivity contribution in [3.63, 3.8) is 0 Å². The second-order valence-corrected chi connectivity index (χ2v) is 6.14. The number of hydrogen-bond acceptors (Lipinski definition) is 5. The highest BCUT2D eigenvalue weighted by atomic mass is 16.5. The third kappa shape index (κ3) is 4.00. The van der Waals surface area contributed by atoms with Crippen molar-refractivity contribution in [3.05, 3.63) is 47.7 Å². The Balaban J connectivity index is 1.71. The van der Waals surface area contributed by atoms with E-state index in [1.165, 1.54) is 6.92 Å². The summed E-state index contributed by atoms with van der Waals surface area (Å²) in [7, 11) is 0. The number of carbonyl (C=O) groups is 3. The quantitative estimate of drug-likeness (QED) is 0.826. The van der Waals surface area contributed by atoms with Crippen LogP contribution in [-0.4, -0.2) is 53.5 Å². The fraction of sp³-hybridized carbons (Fsp3) is 0.316. The zero-order valence-corrected chi connectivity index (χ0v) is 14.3. The van der Waals surface area contributed by atoms with E-state index in [9.17, 15) is 14.4 Å². The van der Waals surface area contributed by atoms with E-state index in [0.717, 1.165) is 5.56 Å². The predicted molar refractivity (Wildman–Crippen MR) is 92.0 cm³/mol. The maximum absolute atomic E-state index is 12.6. The summed E-state index contributed by atoms with van der Waals surface area (Å²) in [4.78, 5) is 36.3. The molecule has 1 aliphatic heterocycles. The van der Waals surface area contributed by atoms with Gasteiger partial charge in [0.1, 0.15) is 5.76 Å². The van der Waals surface area contributed by atoms with Gasteiger partial charge in [-0.1, -0.05) is 24.3 Å². The van der Waals surface area contributed by atoms with Crippen LogP contribution in [0, 0.1) is 0 Å². The molecule has 0 aliphatic carbocycles. The summed E-state index contributed by atoms with van der Waals surface area (Å²) in [5, 5.41) is 8.87. The highest BCUT2D eigenvalue weighted by molar-refractivity contribution is 5.94. The number of ketones is 1. The van der Waals surface area contributed by atoms with E-state index in [4.69, 9.17) is 14.3 Å². The van der Waals surface area contributed by atoms with Crippen molar-refractivity contribution in [1.82, 2.24) is 4.90 Å². The maximum atomic E-state index is 12.6. The van der Waals surface area contributed by atoms with Crippen LogP contribution in [0.15, 0.2) is 40.8 Å². The maximum Gasteiger partial charge on any atom is 0.306 e. The Morgan fingerprint density at radius 1 is 1.15 bits per heavy atom. The molecule has 3 rings (SSSR count). The van der Waals surface area contributed by atoms with E-state index in [1.54, 1.807) is 41.3 Å². The van der Waals surface area contributed by atoms with Crippen molar-refractivity contribution >= 4 is 17.7 Å². The summed E-state index contributed by atoms with van der Waals surface area (Å²) in [5.74, 6) is -0.561. The molecule has 1 saturated heterocycles. The number of benzene rings is 1. The lowest BCUT2D eigenvalue weighted by Gasteiger charge is -2.31. The van der Waals surface area contributed by atoms with Gasteiger partial charge in [0.15, 0.2) is 11.5 Å². The Labute approximate surface area is 150 Å². The number of carboxylic acids is 1. The van der Waals surface area contributed by atoms with Crippen molar-refractivity contribution in [2.45, 2.75) is 19.4 Å². The van der Waals surface area contributed by atoms with Gasteiger partial charge in [-0.2, -0.15) is 0 Å². The number of hydrogen-bond donors (Lipinski definition) is 1. The first-order valence-electron chi connectivity index (χ1n) is 8.28. The molecule has 0 spiro atoms. The second-order valence-electron chi connectivity index (χ2n) is 6.14. The lowest BCUT2D eigenvalue weighted by Crippen LogP contribution is -2.46. The standard InChI is InChI=1S/C19H19NO6/c1-12(21)13-2-4-14(5-3-13)16-6-7-17(26-16)19(24)20-8-9-25-15(11-20)10-18(22)23/h2-7,15H,8-11H2,1H3,(H,22,23). The molecular formula is C19H19NO6. The van der Waals surface area contributed by atoms with Crippen LogP contribution in [0.5, 0.6) is 0 Å². The number of amides is 1. The summed E-state index contributed by atoms with van der Waals surface area (Å²) in [5.41, 5.74) is 1.37. The summed E-state index contributed by atoms with van der Waals surface area (Å²) in [6.07, 6.45) is -0.658. The van der Waals surface area contributed by atoms with Crippen molar-refractivity contribution in [2.24, 2.45) is 0 Å². The van der Waals surface area contributed by atoms with E-state index >= 15 is 0 Å². The molecule has 1 aromatic carbocycles. The van der Waals surface area contributed by atoms with E-state index in [0.29, 0.717) is 24.5 Å². The number of rotatable bonds is 5. The highest BCUT2D eigenvalue weighted by Crippen LogP contribution is 2.24. The Bertz CT molecular complexity index is 823. The normalized spacial score (nSPS) is 17.1. The molecule has 1 fully saturated rings. The van der Waals surface area contributed by atoms with Gasteiger partial charge < -0.3 is 19.2 Å². The minimum Gasteiger partial charge on any atom is -0.481 e. The molecule has 1 amide bonds. The molecule has 2 aromatic rings. The van der Waals surface area contributed by atoms with Crippen molar-refractivity contribution in [2.75, 3.05) is 19.7 Å². The van der Waals surface area contributed by atoms with Gasteiger partial charge in [-0.05, 0) is 19.1 Å². The van der Waals surface area contributed by atoms with Crippen molar-refractivity contribution < 1.29 is 28.6 Å². The van der Waals surface area contributed by atoms with Gasteiger partial charge in [-0.3, -0.25) is 14.4 Å². The van der Waals surface area contributed by atoms with Crippen LogP contribution in [0.3, 0.4) is 0 Å². The molecule has 0 bridgehead atoms. The molecule has 1 aliphatic rings. The Morgan fingerprint density at radius 2 is 1.88 bits per heavy atom. The molecule has 1 N–H and O–H groups in total. The zero-order chi connectivity index (χ0) is 18.7. The molecule has 1 aromatic heterocycles. The molecule has 7 heteroatoms. The Hall–Kier alpha value is -2.93. The van der Waals surface area contributed by atoms with Crippen LogP contribution < -0.4 is 0 Å². The van der Waals surface area contributed by atoms with Crippen LogP contribution in [-0.2, 0) is 9.53 Å². The minimum atomic E-state index is -0.960.